The summed E-state index contributed by atoms with van der Waals surface area (Å²) in [5.41, 5.74) is 5.89. The number of hydrogen-bond donors (Lipinski definition) is 1. The minimum absolute atomic E-state index is 0.110. The zero-order valence-electron chi connectivity index (χ0n) is 19.9. The molecule has 0 radical (unpaired) electrons. The molecule has 0 unspecified atom stereocenters. The smallest absolute Gasteiger partial charge is 0.261 e. The van der Waals surface area contributed by atoms with E-state index in [-0.39, 0.29) is 5.91 Å². The summed E-state index contributed by atoms with van der Waals surface area (Å²) in [6.45, 7) is 6.73. The largest absolute Gasteiger partial charge is 0.369 e. The third-order valence-electron chi connectivity index (χ3n) is 6.57. The number of hydrogen-bond acceptors (Lipinski definition) is 8. The third-order valence-corrected chi connectivity index (χ3v) is 6.66. The Morgan fingerprint density at radius 2 is 1.83 bits per heavy atom. The van der Waals surface area contributed by atoms with Crippen LogP contribution in [0, 0.1) is 6.92 Å². The van der Waals surface area contributed by atoms with E-state index in [1.807, 2.05) is 37.3 Å². The van der Waals surface area contributed by atoms with Crippen LogP contribution in [0.1, 0.15) is 21.6 Å². The summed E-state index contributed by atoms with van der Waals surface area (Å²) in [5.74, 6) is 0.381. The number of thiocarbonyl (C=S) groups is 1. The van der Waals surface area contributed by atoms with Gasteiger partial charge in [-0.15, -0.1) is 0 Å². The monoisotopic (exact) mass is 485 g/mol. The zero-order chi connectivity index (χ0) is 24.4. The van der Waals surface area contributed by atoms with E-state index >= 15 is 0 Å². The van der Waals surface area contributed by atoms with Crippen molar-refractivity contribution in [1.82, 2.24) is 14.9 Å². The van der Waals surface area contributed by atoms with Crippen molar-refractivity contribution in [2.24, 2.45) is 4.99 Å². The number of rotatable bonds is 5. The molecule has 35 heavy (non-hydrogen) atoms. The maximum atomic E-state index is 13.3. The van der Waals surface area contributed by atoms with Crippen LogP contribution in [-0.4, -0.2) is 65.7 Å². The van der Waals surface area contributed by atoms with E-state index in [9.17, 15) is 4.79 Å². The Labute approximate surface area is 210 Å². The molecule has 0 saturated carbocycles. The maximum Gasteiger partial charge on any atom is 0.261 e. The number of nitrogens with zero attached hydrogens (tertiary/aromatic N) is 6. The number of aromatic nitrogens is 2. The van der Waals surface area contributed by atoms with Crippen LogP contribution in [0.2, 0.25) is 0 Å². The molecule has 0 spiro atoms. The first-order chi connectivity index (χ1) is 17.0. The highest BCUT2D eigenvalue weighted by Crippen LogP contribution is 2.30. The third kappa shape index (κ3) is 4.93. The predicted molar refractivity (Wildman–Crippen MR) is 143 cm³/mol. The topological polar surface area (TPSA) is 77.0 Å². The van der Waals surface area contributed by atoms with Crippen LogP contribution in [-0.2, 0) is 6.42 Å². The van der Waals surface area contributed by atoms with Crippen LogP contribution in [0.5, 0.6) is 0 Å². The van der Waals surface area contributed by atoms with Gasteiger partial charge < -0.3 is 20.0 Å². The van der Waals surface area contributed by atoms with Crippen LogP contribution in [0.3, 0.4) is 0 Å². The van der Waals surface area contributed by atoms with Crippen LogP contribution in [0.4, 0.5) is 28.7 Å². The molecule has 5 rings (SSSR count). The van der Waals surface area contributed by atoms with Gasteiger partial charge in [-0.1, -0.05) is 6.07 Å². The first-order valence-electron chi connectivity index (χ1n) is 11.7. The number of anilines is 4. The van der Waals surface area contributed by atoms with Crippen molar-refractivity contribution in [3.05, 3.63) is 65.5 Å². The fourth-order valence-corrected chi connectivity index (χ4v) is 4.61. The van der Waals surface area contributed by atoms with Gasteiger partial charge in [0.15, 0.2) is 0 Å². The number of nitrogens with one attached hydrogen (secondary N) is 1. The van der Waals surface area contributed by atoms with E-state index in [1.54, 1.807) is 11.1 Å². The number of aryl methyl sites for hydroxylation is 1. The van der Waals surface area contributed by atoms with Gasteiger partial charge in [0.25, 0.3) is 5.91 Å². The Morgan fingerprint density at radius 1 is 1.06 bits per heavy atom. The number of aliphatic imine (C=N–C) groups is 1. The number of carbonyl (C=O) groups excluding carboxylic acids is 1. The lowest BCUT2D eigenvalue weighted by Crippen LogP contribution is -2.44. The highest BCUT2D eigenvalue weighted by molar-refractivity contribution is 7.78. The average Bonchev–Trinajstić information content (AvgIpc) is 2.87. The standard InChI is InChI=1S/C26H27N7OS/c1-18-3-4-20(28-17-35)15-24(18)33-10-9-23-22(25(33)34)16-27-26(30-23)29-19-5-7-21(8-6-19)32-13-11-31(2)12-14-32/h3-8,15-16H,9-14H2,1-2H3,(H,27,29,30). The van der Waals surface area contributed by atoms with Crippen LogP contribution >= 0.6 is 12.2 Å². The molecule has 0 bridgehead atoms. The van der Waals surface area contributed by atoms with Gasteiger partial charge in [-0.25, -0.2) is 9.97 Å². The van der Waals surface area contributed by atoms with Crippen LogP contribution < -0.4 is 15.1 Å². The second-order valence-electron chi connectivity index (χ2n) is 8.90. The van der Waals surface area contributed by atoms with Crippen molar-refractivity contribution < 1.29 is 4.79 Å². The summed E-state index contributed by atoms with van der Waals surface area (Å²) < 4.78 is 0. The second kappa shape index (κ2) is 9.92. The number of fused-ring (bicyclic) bond motifs is 1. The second-order valence-corrected chi connectivity index (χ2v) is 9.08. The van der Waals surface area contributed by atoms with Gasteiger partial charge in [0.1, 0.15) is 0 Å². The maximum absolute atomic E-state index is 13.3. The van der Waals surface area contributed by atoms with Crippen molar-refractivity contribution in [2.45, 2.75) is 13.3 Å². The number of carbonyl (C=O) groups is 1. The molecular weight excluding hydrogens is 458 g/mol. The summed E-state index contributed by atoms with van der Waals surface area (Å²) in [5, 5.41) is 5.66. The molecule has 1 fully saturated rings. The first-order valence-corrected chi connectivity index (χ1v) is 12.1. The summed E-state index contributed by atoms with van der Waals surface area (Å²) >= 11 is 4.72. The zero-order valence-corrected chi connectivity index (χ0v) is 20.7. The lowest BCUT2D eigenvalue weighted by Gasteiger charge is -2.34. The van der Waals surface area contributed by atoms with Gasteiger partial charge in [0.2, 0.25) is 5.95 Å². The van der Waals surface area contributed by atoms with Gasteiger partial charge in [0, 0.05) is 62.4 Å². The minimum Gasteiger partial charge on any atom is -0.369 e. The molecule has 0 aliphatic carbocycles. The Kier molecular flexibility index (Phi) is 6.55. The van der Waals surface area contributed by atoms with Crippen molar-refractivity contribution in [3.63, 3.8) is 0 Å². The number of isothiocyanates is 1. The van der Waals surface area contributed by atoms with E-state index in [0.717, 1.165) is 48.8 Å². The highest BCUT2D eigenvalue weighted by atomic mass is 32.1. The molecule has 1 amide bonds. The Hall–Kier alpha value is -3.65. The SMILES string of the molecule is Cc1ccc(N=C=S)cc1N1CCc2nc(Nc3ccc(N4CCN(C)CC4)cc3)ncc2C1=O. The van der Waals surface area contributed by atoms with Crippen molar-refractivity contribution in [2.75, 3.05) is 54.9 Å². The van der Waals surface area contributed by atoms with Gasteiger partial charge in [0.05, 0.1) is 22.1 Å². The quantitative estimate of drug-likeness (QED) is 0.428. The molecule has 2 aromatic carbocycles. The lowest BCUT2D eigenvalue weighted by molar-refractivity contribution is 0.0979. The molecule has 1 N–H and O–H groups in total. The summed E-state index contributed by atoms with van der Waals surface area (Å²) in [4.78, 5) is 32.9. The Balaban J connectivity index is 1.30. The molecule has 2 aliphatic heterocycles. The van der Waals surface area contributed by atoms with E-state index in [0.29, 0.717) is 30.2 Å². The van der Waals surface area contributed by atoms with Gasteiger partial charge in [-0.05, 0) is 68.2 Å². The predicted octanol–water partition coefficient (Wildman–Crippen LogP) is 4.22. The molecule has 1 aromatic heterocycles. The Bertz CT molecular complexity index is 1300. The molecule has 1 saturated heterocycles. The highest BCUT2D eigenvalue weighted by Gasteiger charge is 2.28. The van der Waals surface area contributed by atoms with Crippen molar-refractivity contribution in [1.29, 1.82) is 0 Å². The van der Waals surface area contributed by atoms with E-state index in [2.05, 4.69) is 54.4 Å². The number of amides is 1. The lowest BCUT2D eigenvalue weighted by atomic mass is 10.0. The molecule has 3 heterocycles. The first kappa shape index (κ1) is 23.1. The average molecular weight is 486 g/mol. The molecular formula is C26H27N7OS. The summed E-state index contributed by atoms with van der Waals surface area (Å²) in [6.07, 6.45) is 2.26. The van der Waals surface area contributed by atoms with E-state index in [1.165, 1.54) is 5.69 Å². The van der Waals surface area contributed by atoms with Gasteiger partial charge in [-0.2, -0.15) is 4.99 Å². The minimum atomic E-state index is -0.110. The fraction of sp³-hybridized carbons (Fsp3) is 0.308. The number of piperazine rings is 1. The molecule has 2 aliphatic rings. The van der Waals surface area contributed by atoms with Crippen LogP contribution in [0.25, 0.3) is 0 Å². The van der Waals surface area contributed by atoms with Crippen molar-refractivity contribution >= 4 is 52.0 Å². The molecule has 0 atom stereocenters. The number of likely N-dealkylation sites (N-methyl/N-ethyl adjacent to an activating group) is 1. The normalized spacial score (nSPS) is 16.0. The summed E-state index contributed by atoms with van der Waals surface area (Å²) in [6, 6.07) is 14.0. The van der Waals surface area contributed by atoms with E-state index in [4.69, 9.17) is 12.2 Å². The van der Waals surface area contributed by atoms with Crippen molar-refractivity contribution in [3.8, 4) is 0 Å². The molecule has 3 aromatic rings. The molecule has 9 heteroatoms. The molecule has 178 valence electrons. The van der Waals surface area contributed by atoms with Crippen LogP contribution in [0.15, 0.2) is 53.7 Å². The fourth-order valence-electron chi connectivity index (χ4n) is 4.50. The van der Waals surface area contributed by atoms with Gasteiger partial charge >= 0.3 is 0 Å². The molecule has 8 nitrogen and oxygen atoms in total. The van der Waals surface area contributed by atoms with E-state index < -0.39 is 0 Å². The number of benzene rings is 2. The van der Waals surface area contributed by atoms with Gasteiger partial charge in [-0.3, -0.25) is 4.79 Å². The Morgan fingerprint density at radius 3 is 2.57 bits per heavy atom. The summed E-state index contributed by atoms with van der Waals surface area (Å²) in [7, 11) is 2.16.